The highest BCUT2D eigenvalue weighted by Crippen LogP contribution is 2.23. The molecule has 2 N–H and O–H groups in total. The highest BCUT2D eigenvalue weighted by Gasteiger charge is 2.14. The molecular formula is C15H20N2. The molecule has 3 rings (SSSR count). The van der Waals surface area contributed by atoms with Gasteiger partial charge in [-0.2, -0.15) is 0 Å². The first-order chi connectivity index (χ1) is 8.33. The van der Waals surface area contributed by atoms with Gasteiger partial charge in [-0.25, -0.2) is 0 Å². The summed E-state index contributed by atoms with van der Waals surface area (Å²) in [7, 11) is 0. The van der Waals surface area contributed by atoms with Crippen LogP contribution in [0.15, 0.2) is 24.4 Å². The standard InChI is InChI=1S/C15H20N2/c1-11-7-13(8-12-3-2-5-16-10-12)9-14-4-6-17-15(11)14/h4,6-7,9,12,16-17H,2-3,5,8,10H2,1H3. The fourth-order valence-electron chi connectivity index (χ4n) is 2.98. The molecule has 17 heavy (non-hydrogen) atoms. The Bertz CT molecular complexity index is 507. The van der Waals surface area contributed by atoms with Gasteiger partial charge in [-0.3, -0.25) is 0 Å². The number of hydrogen-bond acceptors (Lipinski definition) is 1. The third kappa shape index (κ3) is 2.22. The van der Waals surface area contributed by atoms with E-state index in [1.807, 2.05) is 6.20 Å². The molecule has 0 amide bonds. The fraction of sp³-hybridized carbons (Fsp3) is 0.467. The molecule has 2 aromatic rings. The van der Waals surface area contributed by atoms with Crippen molar-refractivity contribution < 1.29 is 0 Å². The smallest absolute Gasteiger partial charge is 0.0483 e. The van der Waals surface area contributed by atoms with Gasteiger partial charge in [0.15, 0.2) is 0 Å². The van der Waals surface area contributed by atoms with E-state index >= 15 is 0 Å². The van der Waals surface area contributed by atoms with Gasteiger partial charge >= 0.3 is 0 Å². The number of fused-ring (bicyclic) bond motifs is 1. The summed E-state index contributed by atoms with van der Waals surface area (Å²) < 4.78 is 0. The third-order valence-electron chi connectivity index (χ3n) is 3.84. The minimum Gasteiger partial charge on any atom is -0.361 e. The van der Waals surface area contributed by atoms with E-state index in [0.29, 0.717) is 0 Å². The van der Waals surface area contributed by atoms with E-state index in [4.69, 9.17) is 0 Å². The summed E-state index contributed by atoms with van der Waals surface area (Å²) >= 11 is 0. The second-order valence-corrected chi connectivity index (χ2v) is 5.27. The van der Waals surface area contributed by atoms with Gasteiger partial charge in [0.25, 0.3) is 0 Å². The zero-order valence-corrected chi connectivity index (χ0v) is 10.4. The van der Waals surface area contributed by atoms with Crippen LogP contribution < -0.4 is 5.32 Å². The summed E-state index contributed by atoms with van der Waals surface area (Å²) in [6, 6.07) is 6.85. The molecule has 90 valence electrons. The summed E-state index contributed by atoms with van der Waals surface area (Å²) in [6.07, 6.45) is 5.95. The Morgan fingerprint density at radius 1 is 1.35 bits per heavy atom. The van der Waals surface area contributed by atoms with E-state index in [9.17, 15) is 0 Å². The lowest BCUT2D eigenvalue weighted by Crippen LogP contribution is -2.30. The predicted molar refractivity (Wildman–Crippen MR) is 72.3 cm³/mol. The van der Waals surface area contributed by atoms with Crippen LogP contribution in [0.4, 0.5) is 0 Å². The van der Waals surface area contributed by atoms with Gasteiger partial charge in [-0.05, 0) is 73.8 Å². The molecule has 1 fully saturated rings. The van der Waals surface area contributed by atoms with Crippen molar-refractivity contribution >= 4 is 10.9 Å². The molecule has 1 aromatic carbocycles. The quantitative estimate of drug-likeness (QED) is 0.812. The van der Waals surface area contributed by atoms with E-state index in [1.165, 1.54) is 54.4 Å². The lowest BCUT2D eigenvalue weighted by atomic mass is 9.91. The van der Waals surface area contributed by atoms with Gasteiger partial charge in [0.1, 0.15) is 0 Å². The first-order valence-electron chi connectivity index (χ1n) is 6.60. The molecule has 0 aliphatic carbocycles. The number of rotatable bonds is 2. The Labute approximate surface area is 102 Å². The molecule has 0 radical (unpaired) electrons. The summed E-state index contributed by atoms with van der Waals surface area (Å²) in [4.78, 5) is 3.31. The Balaban J connectivity index is 1.84. The number of H-pyrrole nitrogens is 1. The summed E-state index contributed by atoms with van der Waals surface area (Å²) in [5.74, 6) is 0.819. The second-order valence-electron chi connectivity index (χ2n) is 5.27. The molecular weight excluding hydrogens is 208 g/mol. The monoisotopic (exact) mass is 228 g/mol. The average Bonchev–Trinajstić information content (AvgIpc) is 2.79. The van der Waals surface area contributed by atoms with E-state index in [1.54, 1.807) is 0 Å². The number of nitrogens with one attached hydrogen (secondary N) is 2. The van der Waals surface area contributed by atoms with Crippen LogP contribution in [0.25, 0.3) is 10.9 Å². The first kappa shape index (κ1) is 10.8. The van der Waals surface area contributed by atoms with Crippen molar-refractivity contribution in [2.24, 2.45) is 5.92 Å². The topological polar surface area (TPSA) is 27.8 Å². The minimum absolute atomic E-state index is 0.819. The molecule has 1 aliphatic rings. The summed E-state index contributed by atoms with van der Waals surface area (Å²) in [6.45, 7) is 4.58. The molecule has 1 aliphatic heterocycles. The molecule has 2 heteroatoms. The number of aromatic amines is 1. The second kappa shape index (κ2) is 4.53. The van der Waals surface area contributed by atoms with Crippen LogP contribution in [0.5, 0.6) is 0 Å². The predicted octanol–water partition coefficient (Wildman–Crippen LogP) is 3.02. The zero-order valence-electron chi connectivity index (χ0n) is 10.4. The van der Waals surface area contributed by atoms with Crippen LogP contribution >= 0.6 is 0 Å². The average molecular weight is 228 g/mol. The normalized spacial score (nSPS) is 20.9. The van der Waals surface area contributed by atoms with Crippen LogP contribution in [0.3, 0.4) is 0 Å². The van der Waals surface area contributed by atoms with Crippen molar-refractivity contribution in [3.05, 3.63) is 35.5 Å². The maximum Gasteiger partial charge on any atom is 0.0483 e. The summed E-state index contributed by atoms with van der Waals surface area (Å²) in [5, 5.41) is 4.85. The number of benzene rings is 1. The van der Waals surface area contributed by atoms with Crippen molar-refractivity contribution in [1.29, 1.82) is 0 Å². The van der Waals surface area contributed by atoms with Gasteiger partial charge in [-0.15, -0.1) is 0 Å². The number of hydrogen-bond donors (Lipinski definition) is 2. The molecule has 1 saturated heterocycles. The van der Waals surface area contributed by atoms with Crippen molar-refractivity contribution in [3.63, 3.8) is 0 Å². The van der Waals surface area contributed by atoms with Gasteiger partial charge in [0.2, 0.25) is 0 Å². The Kier molecular flexibility index (Phi) is 2.89. The van der Waals surface area contributed by atoms with Crippen molar-refractivity contribution in [2.75, 3.05) is 13.1 Å². The molecule has 0 spiro atoms. The van der Waals surface area contributed by atoms with Crippen molar-refractivity contribution in [2.45, 2.75) is 26.2 Å². The Morgan fingerprint density at radius 2 is 2.29 bits per heavy atom. The van der Waals surface area contributed by atoms with Gasteiger partial charge in [0, 0.05) is 11.7 Å². The van der Waals surface area contributed by atoms with E-state index in [2.05, 4.69) is 35.4 Å². The highest BCUT2D eigenvalue weighted by molar-refractivity contribution is 5.83. The maximum atomic E-state index is 3.50. The lowest BCUT2D eigenvalue weighted by molar-refractivity contribution is 0.376. The molecule has 0 bridgehead atoms. The van der Waals surface area contributed by atoms with Crippen molar-refractivity contribution in [3.8, 4) is 0 Å². The molecule has 2 nitrogen and oxygen atoms in total. The Morgan fingerprint density at radius 3 is 3.12 bits per heavy atom. The first-order valence-corrected chi connectivity index (χ1v) is 6.60. The number of aryl methyl sites for hydroxylation is 1. The van der Waals surface area contributed by atoms with Crippen molar-refractivity contribution in [1.82, 2.24) is 10.3 Å². The number of aromatic nitrogens is 1. The number of piperidine rings is 1. The fourth-order valence-corrected chi connectivity index (χ4v) is 2.98. The molecule has 1 unspecified atom stereocenters. The van der Waals surface area contributed by atoms with E-state index < -0.39 is 0 Å². The SMILES string of the molecule is Cc1cc(CC2CCCNC2)cc2cc[nH]c12. The van der Waals surface area contributed by atoms with E-state index in [0.717, 1.165) is 5.92 Å². The largest absolute Gasteiger partial charge is 0.361 e. The van der Waals surface area contributed by atoms with E-state index in [-0.39, 0.29) is 0 Å². The van der Waals surface area contributed by atoms with Crippen LogP contribution in [-0.2, 0) is 6.42 Å². The zero-order chi connectivity index (χ0) is 11.7. The molecule has 2 heterocycles. The third-order valence-corrected chi connectivity index (χ3v) is 3.84. The minimum atomic E-state index is 0.819. The molecule has 1 atom stereocenters. The molecule has 0 saturated carbocycles. The van der Waals surface area contributed by atoms with Crippen LogP contribution in [0.1, 0.15) is 24.0 Å². The van der Waals surface area contributed by atoms with Crippen LogP contribution in [0, 0.1) is 12.8 Å². The molecule has 1 aromatic heterocycles. The van der Waals surface area contributed by atoms with Gasteiger partial charge in [0.05, 0.1) is 0 Å². The maximum absolute atomic E-state index is 3.50. The summed E-state index contributed by atoms with van der Waals surface area (Å²) in [5.41, 5.74) is 4.14. The Hall–Kier alpha value is -1.28. The highest BCUT2D eigenvalue weighted by atomic mass is 14.9. The van der Waals surface area contributed by atoms with Gasteiger partial charge in [-0.1, -0.05) is 6.07 Å². The van der Waals surface area contributed by atoms with Crippen LogP contribution in [-0.4, -0.2) is 18.1 Å². The van der Waals surface area contributed by atoms with Gasteiger partial charge < -0.3 is 10.3 Å². The van der Waals surface area contributed by atoms with Crippen LogP contribution in [0.2, 0.25) is 0 Å². The lowest BCUT2D eigenvalue weighted by Gasteiger charge is -2.22.